The molecule has 4 nitrogen and oxygen atoms in total. The van der Waals surface area contributed by atoms with E-state index in [1.807, 2.05) is 0 Å². The minimum absolute atomic E-state index is 0.155. The second-order valence-corrected chi connectivity index (χ2v) is 5.63. The highest BCUT2D eigenvalue weighted by molar-refractivity contribution is 6.30. The Morgan fingerprint density at radius 1 is 1.00 bits per heavy atom. The third kappa shape index (κ3) is 3.51. The summed E-state index contributed by atoms with van der Waals surface area (Å²) < 4.78 is 37.9. The van der Waals surface area contributed by atoms with Gasteiger partial charge in [0.15, 0.2) is 5.69 Å². The van der Waals surface area contributed by atoms with E-state index < -0.39 is 17.7 Å². The number of halogens is 4. The van der Waals surface area contributed by atoms with E-state index >= 15 is 0 Å². The van der Waals surface area contributed by atoms with Crippen LogP contribution in [0.3, 0.4) is 0 Å². The Morgan fingerprint density at radius 3 is 2.08 bits per heavy atom. The van der Waals surface area contributed by atoms with Gasteiger partial charge in [0.25, 0.3) is 0 Å². The van der Waals surface area contributed by atoms with Gasteiger partial charge in [-0.3, -0.25) is 0 Å². The molecule has 3 rings (SSSR count). The Bertz CT molecular complexity index is 917. The maximum absolute atomic E-state index is 12.6. The summed E-state index contributed by atoms with van der Waals surface area (Å²) >= 11 is 5.82. The number of nitrogens with zero attached hydrogens (tertiary/aromatic N) is 1. The number of carboxylic acids is 1. The number of hydrogen-bond acceptors (Lipinski definition) is 2. The molecule has 1 aromatic heterocycles. The lowest BCUT2D eigenvalue weighted by atomic mass is 10.1. The van der Waals surface area contributed by atoms with Crippen LogP contribution in [-0.4, -0.2) is 21.0 Å². The van der Waals surface area contributed by atoms with E-state index in [0.29, 0.717) is 16.1 Å². The van der Waals surface area contributed by atoms with Gasteiger partial charge in [-0.25, -0.2) is 9.78 Å². The zero-order valence-corrected chi connectivity index (χ0v) is 13.2. The van der Waals surface area contributed by atoms with Gasteiger partial charge in [0, 0.05) is 16.1 Å². The normalized spacial score (nSPS) is 11.5. The van der Waals surface area contributed by atoms with E-state index in [1.54, 1.807) is 24.3 Å². The fourth-order valence-electron chi connectivity index (χ4n) is 2.30. The van der Waals surface area contributed by atoms with Gasteiger partial charge in [0.1, 0.15) is 11.5 Å². The second-order valence-electron chi connectivity index (χ2n) is 5.20. The van der Waals surface area contributed by atoms with E-state index in [1.165, 1.54) is 12.1 Å². The zero-order valence-electron chi connectivity index (χ0n) is 12.4. The molecular weight excluding hydrogens is 357 g/mol. The van der Waals surface area contributed by atoms with E-state index in [2.05, 4.69) is 9.97 Å². The summed E-state index contributed by atoms with van der Waals surface area (Å²) in [6, 6.07) is 10.7. The van der Waals surface area contributed by atoms with Crippen molar-refractivity contribution in [1.29, 1.82) is 0 Å². The molecule has 0 bridgehead atoms. The molecule has 25 heavy (non-hydrogen) atoms. The zero-order chi connectivity index (χ0) is 18.2. The maximum atomic E-state index is 12.6. The van der Waals surface area contributed by atoms with Gasteiger partial charge in [-0.2, -0.15) is 13.2 Å². The first-order valence-corrected chi connectivity index (χ1v) is 7.40. The molecular formula is C17H10ClF3N2O2. The lowest BCUT2D eigenvalue weighted by Crippen LogP contribution is -2.04. The van der Waals surface area contributed by atoms with Crippen molar-refractivity contribution in [3.8, 4) is 22.6 Å². The molecule has 0 radical (unpaired) electrons. The quantitative estimate of drug-likeness (QED) is 0.676. The predicted molar refractivity (Wildman–Crippen MR) is 86.4 cm³/mol. The van der Waals surface area contributed by atoms with Crippen LogP contribution in [0.25, 0.3) is 22.6 Å². The summed E-state index contributed by atoms with van der Waals surface area (Å²) in [6.07, 6.45) is -4.44. The number of nitrogens with one attached hydrogen (secondary N) is 1. The Labute approximate surface area is 144 Å². The predicted octanol–water partition coefficient (Wildman–Crippen LogP) is 5.11. The molecule has 0 fully saturated rings. The number of aromatic carboxylic acids is 1. The van der Waals surface area contributed by atoms with Crippen LogP contribution < -0.4 is 0 Å². The van der Waals surface area contributed by atoms with Crippen molar-refractivity contribution in [3.63, 3.8) is 0 Å². The number of carboxylic acid groups (broad SMARTS) is 1. The largest absolute Gasteiger partial charge is 0.477 e. The second kappa shape index (κ2) is 6.25. The van der Waals surface area contributed by atoms with Crippen molar-refractivity contribution in [3.05, 3.63) is 64.8 Å². The third-order valence-corrected chi connectivity index (χ3v) is 3.77. The summed E-state index contributed by atoms with van der Waals surface area (Å²) in [5.74, 6) is -1.06. The van der Waals surface area contributed by atoms with Crippen molar-refractivity contribution in [2.75, 3.05) is 0 Å². The van der Waals surface area contributed by atoms with Crippen LogP contribution in [0.1, 0.15) is 16.1 Å². The molecule has 0 aliphatic carbocycles. The standard InChI is InChI=1S/C17H10ClF3N2O2/c18-12-7-3-9(4-8-12)13-14(16(24)25)23-15(22-13)10-1-5-11(6-2-10)17(19,20)21/h1-8H,(H,22,23)(H,24,25). The van der Waals surface area contributed by atoms with Gasteiger partial charge in [0.2, 0.25) is 0 Å². The van der Waals surface area contributed by atoms with Gasteiger partial charge in [-0.15, -0.1) is 0 Å². The van der Waals surface area contributed by atoms with Gasteiger partial charge < -0.3 is 10.1 Å². The van der Waals surface area contributed by atoms with Crippen molar-refractivity contribution in [2.24, 2.45) is 0 Å². The number of imidazole rings is 1. The van der Waals surface area contributed by atoms with Crippen LogP contribution in [0.4, 0.5) is 13.2 Å². The first kappa shape index (κ1) is 17.0. The van der Waals surface area contributed by atoms with Gasteiger partial charge in [0.05, 0.1) is 5.56 Å². The molecule has 0 aliphatic rings. The number of H-pyrrole nitrogens is 1. The van der Waals surface area contributed by atoms with Crippen molar-refractivity contribution in [1.82, 2.24) is 9.97 Å². The van der Waals surface area contributed by atoms with Gasteiger partial charge >= 0.3 is 12.1 Å². The third-order valence-electron chi connectivity index (χ3n) is 3.52. The summed E-state index contributed by atoms with van der Waals surface area (Å²) in [5.41, 5.74) is 0.0994. The summed E-state index contributed by atoms with van der Waals surface area (Å²) in [5, 5.41) is 9.83. The highest BCUT2D eigenvalue weighted by atomic mass is 35.5. The van der Waals surface area contributed by atoms with Crippen LogP contribution >= 0.6 is 11.6 Å². The number of carbonyl (C=O) groups is 1. The molecule has 3 aromatic rings. The first-order valence-electron chi connectivity index (χ1n) is 7.02. The molecule has 0 unspecified atom stereocenters. The molecule has 0 aliphatic heterocycles. The molecule has 0 atom stereocenters. The molecule has 0 saturated carbocycles. The van der Waals surface area contributed by atoms with Crippen LogP contribution in [0.5, 0.6) is 0 Å². The van der Waals surface area contributed by atoms with E-state index in [9.17, 15) is 23.1 Å². The highest BCUT2D eigenvalue weighted by Gasteiger charge is 2.30. The number of aromatic amines is 1. The van der Waals surface area contributed by atoms with E-state index in [4.69, 9.17) is 11.6 Å². The van der Waals surface area contributed by atoms with Crippen molar-refractivity contribution in [2.45, 2.75) is 6.18 Å². The minimum Gasteiger partial charge on any atom is -0.477 e. The molecule has 0 saturated heterocycles. The minimum atomic E-state index is -4.44. The van der Waals surface area contributed by atoms with Crippen molar-refractivity contribution >= 4 is 17.6 Å². The van der Waals surface area contributed by atoms with E-state index in [0.717, 1.165) is 12.1 Å². The Morgan fingerprint density at radius 2 is 1.56 bits per heavy atom. The number of hydrogen-bond donors (Lipinski definition) is 2. The van der Waals surface area contributed by atoms with Crippen LogP contribution in [0.2, 0.25) is 5.02 Å². The molecule has 0 amide bonds. The number of benzene rings is 2. The Hall–Kier alpha value is -2.80. The van der Waals surface area contributed by atoms with E-state index in [-0.39, 0.29) is 17.2 Å². The van der Waals surface area contributed by atoms with Gasteiger partial charge in [-0.1, -0.05) is 35.9 Å². The number of alkyl halides is 3. The number of aromatic nitrogens is 2. The summed E-state index contributed by atoms with van der Waals surface area (Å²) in [4.78, 5) is 18.3. The van der Waals surface area contributed by atoms with Crippen molar-refractivity contribution < 1.29 is 23.1 Å². The monoisotopic (exact) mass is 366 g/mol. The lowest BCUT2D eigenvalue weighted by molar-refractivity contribution is -0.137. The van der Waals surface area contributed by atoms with Gasteiger partial charge in [-0.05, 0) is 24.3 Å². The summed E-state index contributed by atoms with van der Waals surface area (Å²) in [6.45, 7) is 0. The molecule has 128 valence electrons. The molecule has 2 aromatic carbocycles. The summed E-state index contributed by atoms with van der Waals surface area (Å²) in [7, 11) is 0. The Kier molecular flexibility index (Phi) is 4.26. The average Bonchev–Trinajstić information content (AvgIpc) is 3.00. The maximum Gasteiger partial charge on any atom is 0.416 e. The molecule has 8 heteroatoms. The molecule has 2 N–H and O–H groups in total. The Balaban J connectivity index is 2.05. The lowest BCUT2D eigenvalue weighted by Gasteiger charge is -2.06. The average molecular weight is 367 g/mol. The SMILES string of the molecule is O=C(O)c1[nH]c(-c2ccc(C(F)(F)F)cc2)nc1-c1ccc(Cl)cc1. The van der Waals surface area contributed by atoms with Crippen LogP contribution in [-0.2, 0) is 6.18 Å². The molecule has 1 heterocycles. The fourth-order valence-corrected chi connectivity index (χ4v) is 2.42. The van der Waals surface area contributed by atoms with Crippen LogP contribution in [0, 0.1) is 0 Å². The first-order chi connectivity index (χ1) is 11.8. The highest BCUT2D eigenvalue weighted by Crippen LogP contribution is 2.32. The fraction of sp³-hybridized carbons (Fsp3) is 0.0588. The smallest absolute Gasteiger partial charge is 0.416 e. The molecule has 0 spiro atoms. The van der Waals surface area contributed by atoms with Crippen LogP contribution in [0.15, 0.2) is 48.5 Å². The topological polar surface area (TPSA) is 66.0 Å². The number of rotatable bonds is 3.